The van der Waals surface area contributed by atoms with Crippen LogP contribution in [0.25, 0.3) is 0 Å². The summed E-state index contributed by atoms with van der Waals surface area (Å²) in [4.78, 5) is 24.3. The highest BCUT2D eigenvalue weighted by atomic mass is 32.2. The Kier molecular flexibility index (Phi) is 9.62. The van der Waals surface area contributed by atoms with Gasteiger partial charge in [-0.15, -0.1) is 0 Å². The zero-order chi connectivity index (χ0) is 25.6. The highest BCUT2D eigenvalue weighted by Gasteiger charge is 2.45. The van der Waals surface area contributed by atoms with Gasteiger partial charge in [0, 0.05) is 44.1 Å². The van der Waals surface area contributed by atoms with Gasteiger partial charge in [-0.2, -0.15) is 30.6 Å². The van der Waals surface area contributed by atoms with Crippen LogP contribution in [-0.4, -0.2) is 88.5 Å². The number of nitrogens with zero attached hydrogens (tertiary/aromatic N) is 3. The fraction of sp³-hybridized carbons (Fsp3) is 0.588. The number of halogens is 6. The first-order chi connectivity index (χ1) is 14.9. The van der Waals surface area contributed by atoms with Gasteiger partial charge < -0.3 is 10.2 Å². The largest absolute Gasteiger partial charge is 0.490 e. The third kappa shape index (κ3) is 9.13. The summed E-state index contributed by atoms with van der Waals surface area (Å²) >= 11 is 0. The molecule has 9 nitrogen and oxygen atoms in total. The number of alkyl halides is 6. The van der Waals surface area contributed by atoms with Gasteiger partial charge in [0.25, 0.3) is 0 Å². The summed E-state index contributed by atoms with van der Waals surface area (Å²) in [6, 6.07) is 4.56. The lowest BCUT2D eigenvalue weighted by molar-refractivity contribution is -0.193. The molecule has 0 aromatic carbocycles. The zero-order valence-electron chi connectivity index (χ0n) is 17.0. The summed E-state index contributed by atoms with van der Waals surface area (Å²) in [6.45, 7) is 2.50. The molecule has 2 atom stereocenters. The molecule has 33 heavy (non-hydrogen) atoms. The molecule has 0 aliphatic carbocycles. The van der Waals surface area contributed by atoms with Gasteiger partial charge in [0.1, 0.15) is 0 Å². The number of pyridine rings is 1. The number of rotatable bonds is 3. The molecule has 0 saturated carbocycles. The highest BCUT2D eigenvalue weighted by molar-refractivity contribution is 7.88. The van der Waals surface area contributed by atoms with Crippen LogP contribution in [0.4, 0.5) is 26.3 Å². The summed E-state index contributed by atoms with van der Waals surface area (Å²) in [5, 5.41) is 14.2. The van der Waals surface area contributed by atoms with Gasteiger partial charge in [-0.1, -0.05) is 6.07 Å². The minimum Gasteiger partial charge on any atom is -0.475 e. The predicted octanol–water partition coefficient (Wildman–Crippen LogP) is 1.96. The van der Waals surface area contributed by atoms with Crippen LogP contribution in [0, 0.1) is 0 Å². The van der Waals surface area contributed by atoms with E-state index < -0.39 is 34.3 Å². The van der Waals surface area contributed by atoms with Gasteiger partial charge in [-0.3, -0.25) is 9.88 Å². The maximum Gasteiger partial charge on any atom is 0.490 e. The second-order valence-corrected chi connectivity index (χ2v) is 8.96. The molecule has 2 saturated heterocycles. The van der Waals surface area contributed by atoms with Gasteiger partial charge in [0.15, 0.2) is 0 Å². The Morgan fingerprint density at radius 1 is 1.03 bits per heavy atom. The molecule has 0 unspecified atom stereocenters. The van der Waals surface area contributed by atoms with Crippen LogP contribution in [0.2, 0.25) is 0 Å². The average Bonchev–Trinajstić information content (AvgIpc) is 3.24. The van der Waals surface area contributed by atoms with Crippen LogP contribution < -0.4 is 0 Å². The molecule has 2 aliphatic heterocycles. The van der Waals surface area contributed by atoms with E-state index >= 15 is 0 Å². The topological polar surface area (TPSA) is 128 Å². The summed E-state index contributed by atoms with van der Waals surface area (Å²) in [6.07, 6.45) is -3.30. The number of carboxylic acid groups (broad SMARTS) is 2. The third-order valence-corrected chi connectivity index (χ3v) is 5.97. The van der Waals surface area contributed by atoms with Crippen LogP contribution in [0.3, 0.4) is 0 Å². The molecule has 0 radical (unpaired) electrons. The molecule has 3 rings (SSSR count). The number of hydrogen-bond acceptors (Lipinski definition) is 6. The van der Waals surface area contributed by atoms with Crippen molar-refractivity contribution in [1.82, 2.24) is 14.2 Å². The maximum atomic E-state index is 11.7. The van der Waals surface area contributed by atoms with Crippen molar-refractivity contribution in [3.63, 3.8) is 0 Å². The quantitative estimate of drug-likeness (QED) is 0.592. The van der Waals surface area contributed by atoms with Gasteiger partial charge in [0.2, 0.25) is 10.0 Å². The number of fused-ring (bicyclic) bond motifs is 1. The molecule has 0 amide bonds. The Morgan fingerprint density at radius 3 is 1.91 bits per heavy atom. The normalized spacial score (nSPS) is 21.3. The lowest BCUT2D eigenvalue weighted by Gasteiger charge is -2.24. The molecule has 1 aromatic rings. The molecule has 188 valence electrons. The van der Waals surface area contributed by atoms with E-state index in [1.165, 1.54) is 11.8 Å². The smallest absolute Gasteiger partial charge is 0.475 e. The minimum absolute atomic E-state index is 0.173. The minimum atomic E-state index is -5.08. The number of hydrogen-bond donors (Lipinski definition) is 2. The van der Waals surface area contributed by atoms with Crippen LogP contribution >= 0.6 is 0 Å². The van der Waals surface area contributed by atoms with E-state index in [1.807, 2.05) is 12.3 Å². The summed E-state index contributed by atoms with van der Waals surface area (Å²) in [5.74, 6) is -5.51. The number of sulfonamides is 1. The summed E-state index contributed by atoms with van der Waals surface area (Å²) in [5.41, 5.74) is 1.20. The van der Waals surface area contributed by atoms with Crippen molar-refractivity contribution in [3.05, 3.63) is 30.1 Å². The molecule has 2 N–H and O–H groups in total. The van der Waals surface area contributed by atoms with E-state index in [2.05, 4.69) is 16.0 Å². The van der Waals surface area contributed by atoms with Crippen molar-refractivity contribution < 1.29 is 54.6 Å². The Bertz CT molecular complexity index is 886. The standard InChI is InChI=1S/C13H19N3O2S.2C2HF3O2/c1-19(17,18)16-8-5-12-13(16)4-7-15(12)10-11-3-2-6-14-9-11;2*3-2(4,5)1(6)7/h2-3,6,9,12-13H,4-5,7-8,10H2,1H3;2*(H,6,7)/t12-,13+;;/m1../s1. The fourth-order valence-corrected chi connectivity index (χ4v) is 4.54. The first kappa shape index (κ1) is 28.6. The average molecular weight is 509 g/mol. The van der Waals surface area contributed by atoms with Crippen LogP contribution in [0.5, 0.6) is 0 Å². The van der Waals surface area contributed by atoms with E-state index in [9.17, 15) is 34.8 Å². The first-order valence-corrected chi connectivity index (χ1v) is 11.0. The van der Waals surface area contributed by atoms with Gasteiger partial charge in [-0.25, -0.2) is 18.0 Å². The molecule has 2 fully saturated rings. The molecular formula is C17H21F6N3O6S. The summed E-state index contributed by atoms with van der Waals surface area (Å²) < 4.78 is 88.6. The SMILES string of the molecule is CS(=O)(=O)N1CC[C@@H]2[C@@H]1CCN2Cc1cccnc1.O=C(O)C(F)(F)F.O=C(O)C(F)(F)F. The van der Waals surface area contributed by atoms with E-state index in [-0.39, 0.29) is 6.04 Å². The van der Waals surface area contributed by atoms with Gasteiger partial charge in [0.05, 0.1) is 6.26 Å². The fourth-order valence-electron chi connectivity index (χ4n) is 3.37. The van der Waals surface area contributed by atoms with E-state index in [1.54, 1.807) is 10.5 Å². The Morgan fingerprint density at radius 2 is 1.52 bits per heavy atom. The molecular weight excluding hydrogens is 488 g/mol. The number of carboxylic acids is 2. The van der Waals surface area contributed by atoms with Gasteiger partial charge in [-0.05, 0) is 24.5 Å². The molecule has 16 heteroatoms. The van der Waals surface area contributed by atoms with Crippen molar-refractivity contribution in [2.45, 2.75) is 43.8 Å². The lowest BCUT2D eigenvalue weighted by Crippen LogP contribution is -2.38. The van der Waals surface area contributed by atoms with Crippen molar-refractivity contribution in [2.75, 3.05) is 19.3 Å². The molecule has 0 bridgehead atoms. The second-order valence-electron chi connectivity index (χ2n) is 7.02. The van der Waals surface area contributed by atoms with E-state index in [0.717, 1.165) is 25.9 Å². The lowest BCUT2D eigenvalue weighted by atomic mass is 10.1. The van der Waals surface area contributed by atoms with Crippen molar-refractivity contribution in [3.8, 4) is 0 Å². The molecule has 0 spiro atoms. The predicted molar refractivity (Wildman–Crippen MR) is 100 cm³/mol. The maximum absolute atomic E-state index is 11.7. The number of likely N-dealkylation sites (tertiary alicyclic amines) is 1. The number of carbonyl (C=O) groups is 2. The van der Waals surface area contributed by atoms with E-state index in [4.69, 9.17) is 19.8 Å². The number of aromatic nitrogens is 1. The highest BCUT2D eigenvalue weighted by Crippen LogP contribution is 2.33. The monoisotopic (exact) mass is 509 g/mol. The number of aliphatic carboxylic acids is 2. The Labute approximate surface area is 184 Å². The van der Waals surface area contributed by atoms with Gasteiger partial charge >= 0.3 is 24.3 Å². The van der Waals surface area contributed by atoms with Crippen molar-refractivity contribution in [1.29, 1.82) is 0 Å². The molecule has 2 aliphatic rings. The third-order valence-electron chi connectivity index (χ3n) is 4.66. The van der Waals surface area contributed by atoms with Crippen LogP contribution in [-0.2, 0) is 26.2 Å². The first-order valence-electron chi connectivity index (χ1n) is 9.14. The second kappa shape index (κ2) is 11.1. The Balaban J connectivity index is 0.000000324. The zero-order valence-corrected chi connectivity index (χ0v) is 17.9. The molecule has 1 aromatic heterocycles. The van der Waals surface area contributed by atoms with Crippen LogP contribution in [0.15, 0.2) is 24.5 Å². The summed E-state index contributed by atoms with van der Waals surface area (Å²) in [7, 11) is -3.06. The van der Waals surface area contributed by atoms with Crippen LogP contribution in [0.1, 0.15) is 18.4 Å². The van der Waals surface area contributed by atoms with Crippen molar-refractivity contribution in [2.24, 2.45) is 0 Å². The molecule has 3 heterocycles. The Hall–Kier alpha value is -2.46. The van der Waals surface area contributed by atoms with E-state index in [0.29, 0.717) is 12.6 Å². The van der Waals surface area contributed by atoms with Crippen molar-refractivity contribution >= 4 is 22.0 Å².